The van der Waals surface area contributed by atoms with Gasteiger partial charge in [-0.3, -0.25) is 4.90 Å². The van der Waals surface area contributed by atoms with Crippen molar-refractivity contribution in [2.75, 3.05) is 20.1 Å². The van der Waals surface area contributed by atoms with Gasteiger partial charge in [0.2, 0.25) is 0 Å². The first kappa shape index (κ1) is 25.5. The number of benzene rings is 2. The largest absolute Gasteiger partial charge is 0.404 e. The lowest BCUT2D eigenvalue weighted by Gasteiger charge is -2.31. The zero-order valence-corrected chi connectivity index (χ0v) is 19.1. The van der Waals surface area contributed by atoms with Gasteiger partial charge in [0.1, 0.15) is 0 Å². The molecule has 0 atom stereocenters. The summed E-state index contributed by atoms with van der Waals surface area (Å²) in [6.07, 6.45) is 5.98. The van der Waals surface area contributed by atoms with Crippen LogP contribution in [0, 0.1) is 0 Å². The van der Waals surface area contributed by atoms with Gasteiger partial charge < -0.3 is 16.8 Å². The lowest BCUT2D eigenvalue weighted by atomic mass is 10.0. The zero-order chi connectivity index (χ0) is 22.2. The molecule has 4 heteroatoms. The van der Waals surface area contributed by atoms with Crippen molar-refractivity contribution in [3.63, 3.8) is 0 Å². The summed E-state index contributed by atoms with van der Waals surface area (Å²) < 4.78 is 0. The third kappa shape index (κ3) is 9.77. The minimum absolute atomic E-state index is 0.733. The smallest absolute Gasteiger partial charge is 0.0233 e. The van der Waals surface area contributed by atoms with E-state index in [0.717, 1.165) is 29.4 Å². The highest BCUT2D eigenvalue weighted by Gasteiger charge is 2.17. The molecule has 4 nitrogen and oxygen atoms in total. The van der Waals surface area contributed by atoms with Crippen molar-refractivity contribution < 1.29 is 0 Å². The standard InChI is InChI=1S/C13H20N2.C11H14N2.C2H6/c1-14-13-7-9-15(10-8-13)11-12-5-3-2-4-6-12;1-9(13)7-11(8-12)10-5-3-2-4-6-10;1-2/h2-6,13-14H,7-11H2,1H3;2-8H,12-13H2,1H3;1-2H3/b;9-7+,11-8+;. The zero-order valence-electron chi connectivity index (χ0n) is 19.1. The van der Waals surface area contributed by atoms with Crippen LogP contribution in [0.1, 0.15) is 44.7 Å². The summed E-state index contributed by atoms with van der Waals surface area (Å²) in [4.78, 5) is 2.54. The van der Waals surface area contributed by atoms with Crippen molar-refractivity contribution in [3.8, 4) is 0 Å². The second-order valence-electron chi connectivity index (χ2n) is 7.20. The van der Waals surface area contributed by atoms with Gasteiger partial charge in [0, 0.05) is 24.5 Å². The van der Waals surface area contributed by atoms with E-state index in [2.05, 4.69) is 47.6 Å². The number of nitrogens with two attached hydrogens (primary N) is 2. The Labute approximate surface area is 183 Å². The molecule has 1 heterocycles. The molecular weight excluding hydrogens is 368 g/mol. The van der Waals surface area contributed by atoms with Crippen LogP contribution in [0.15, 0.2) is 78.6 Å². The molecule has 0 aromatic heterocycles. The van der Waals surface area contributed by atoms with E-state index in [1.165, 1.54) is 31.5 Å². The molecule has 1 aliphatic heterocycles. The van der Waals surface area contributed by atoms with E-state index in [0.29, 0.717) is 0 Å². The number of rotatable bonds is 5. The molecular formula is C26H40N4. The average molecular weight is 409 g/mol. The van der Waals surface area contributed by atoms with Crippen LogP contribution in [0.2, 0.25) is 0 Å². The molecule has 5 N–H and O–H groups in total. The maximum Gasteiger partial charge on any atom is 0.0233 e. The first-order valence-electron chi connectivity index (χ1n) is 11.0. The Morgan fingerprint density at radius 3 is 2.00 bits per heavy atom. The van der Waals surface area contributed by atoms with Crippen molar-refractivity contribution in [1.29, 1.82) is 0 Å². The van der Waals surface area contributed by atoms with E-state index < -0.39 is 0 Å². The number of allylic oxidation sites excluding steroid dienone is 3. The van der Waals surface area contributed by atoms with Crippen molar-refractivity contribution in [3.05, 3.63) is 89.8 Å². The quantitative estimate of drug-likeness (QED) is 0.625. The highest BCUT2D eigenvalue weighted by molar-refractivity contribution is 5.73. The van der Waals surface area contributed by atoms with E-state index >= 15 is 0 Å². The summed E-state index contributed by atoms with van der Waals surface area (Å²) >= 11 is 0. The molecule has 0 aliphatic carbocycles. The molecule has 2 aromatic carbocycles. The Kier molecular flexibility index (Phi) is 13.0. The topological polar surface area (TPSA) is 67.3 Å². The number of nitrogens with zero attached hydrogens (tertiary/aromatic N) is 1. The third-order valence-corrected chi connectivity index (χ3v) is 4.91. The molecule has 0 bridgehead atoms. The third-order valence-electron chi connectivity index (χ3n) is 4.91. The summed E-state index contributed by atoms with van der Waals surface area (Å²) in [6.45, 7) is 9.39. The Bertz CT molecular complexity index is 726. The highest BCUT2D eigenvalue weighted by Crippen LogP contribution is 2.15. The average Bonchev–Trinajstić information content (AvgIpc) is 2.81. The van der Waals surface area contributed by atoms with Crippen molar-refractivity contribution in [2.24, 2.45) is 11.5 Å². The Hall–Kier alpha value is -2.56. The van der Waals surface area contributed by atoms with Crippen LogP contribution in [0.4, 0.5) is 0 Å². The molecule has 1 aliphatic rings. The summed E-state index contributed by atoms with van der Waals surface area (Å²) in [7, 11) is 2.07. The monoisotopic (exact) mass is 408 g/mol. The molecule has 2 aromatic rings. The molecule has 0 saturated carbocycles. The fourth-order valence-corrected chi connectivity index (χ4v) is 3.32. The molecule has 1 fully saturated rings. The first-order chi connectivity index (χ1) is 14.6. The van der Waals surface area contributed by atoms with Gasteiger partial charge in [-0.2, -0.15) is 0 Å². The van der Waals surface area contributed by atoms with Crippen molar-refractivity contribution in [2.45, 2.75) is 46.2 Å². The van der Waals surface area contributed by atoms with Crippen molar-refractivity contribution in [1.82, 2.24) is 10.2 Å². The molecule has 164 valence electrons. The number of likely N-dealkylation sites (tertiary alicyclic amines) is 1. The molecule has 0 unspecified atom stereocenters. The lowest BCUT2D eigenvalue weighted by molar-refractivity contribution is 0.194. The maximum absolute atomic E-state index is 5.57. The molecule has 30 heavy (non-hydrogen) atoms. The minimum atomic E-state index is 0.733. The van der Waals surface area contributed by atoms with Gasteiger partial charge in [-0.15, -0.1) is 0 Å². The summed E-state index contributed by atoms with van der Waals surface area (Å²) in [6, 6.07) is 21.4. The number of hydrogen-bond donors (Lipinski definition) is 3. The van der Waals surface area contributed by atoms with Crippen LogP contribution in [-0.2, 0) is 6.54 Å². The number of hydrogen-bond acceptors (Lipinski definition) is 4. The van der Waals surface area contributed by atoms with E-state index in [1.54, 1.807) is 6.20 Å². The van der Waals surface area contributed by atoms with Crippen LogP contribution in [0.5, 0.6) is 0 Å². The van der Waals surface area contributed by atoms with Gasteiger partial charge in [-0.25, -0.2) is 0 Å². The van der Waals surface area contributed by atoms with Crippen LogP contribution in [0.25, 0.3) is 5.57 Å². The Balaban J connectivity index is 0.000000280. The summed E-state index contributed by atoms with van der Waals surface area (Å²) in [5, 5.41) is 3.36. The number of piperidine rings is 1. The predicted molar refractivity (Wildman–Crippen MR) is 132 cm³/mol. The van der Waals surface area contributed by atoms with Gasteiger partial charge >= 0.3 is 0 Å². The fourth-order valence-electron chi connectivity index (χ4n) is 3.32. The fraction of sp³-hybridized carbons (Fsp3) is 0.385. The Morgan fingerprint density at radius 1 is 1.00 bits per heavy atom. The molecule has 3 rings (SSSR count). The summed E-state index contributed by atoms with van der Waals surface area (Å²) in [5.41, 5.74) is 15.3. The molecule has 1 saturated heterocycles. The SMILES string of the molecule is C/C(N)=C\C(=C/N)c1ccccc1.CC.CNC1CCN(Cc2ccccc2)CC1. The lowest BCUT2D eigenvalue weighted by Crippen LogP contribution is -2.40. The van der Waals surface area contributed by atoms with Gasteiger partial charge in [0.25, 0.3) is 0 Å². The van der Waals surface area contributed by atoms with Gasteiger partial charge in [-0.1, -0.05) is 74.5 Å². The normalized spacial score (nSPS) is 15.5. The maximum atomic E-state index is 5.57. The predicted octanol–water partition coefficient (Wildman–Crippen LogP) is 4.75. The van der Waals surface area contributed by atoms with E-state index in [4.69, 9.17) is 11.5 Å². The van der Waals surface area contributed by atoms with Crippen molar-refractivity contribution >= 4 is 5.57 Å². The van der Waals surface area contributed by atoms with Gasteiger partial charge in [0.05, 0.1) is 0 Å². The van der Waals surface area contributed by atoms with Gasteiger partial charge in [-0.05, 0) is 62.7 Å². The van der Waals surface area contributed by atoms with Crippen LogP contribution in [0.3, 0.4) is 0 Å². The second-order valence-corrected chi connectivity index (χ2v) is 7.20. The Morgan fingerprint density at radius 2 is 1.53 bits per heavy atom. The van der Waals surface area contributed by atoms with Crippen LogP contribution < -0.4 is 16.8 Å². The minimum Gasteiger partial charge on any atom is -0.404 e. The van der Waals surface area contributed by atoms with E-state index in [-0.39, 0.29) is 0 Å². The van der Waals surface area contributed by atoms with Crippen LogP contribution >= 0.6 is 0 Å². The van der Waals surface area contributed by atoms with Crippen LogP contribution in [-0.4, -0.2) is 31.1 Å². The van der Waals surface area contributed by atoms with Gasteiger partial charge in [0.15, 0.2) is 0 Å². The highest BCUT2D eigenvalue weighted by atomic mass is 15.1. The summed E-state index contributed by atoms with van der Waals surface area (Å²) in [5.74, 6) is 0. The molecule has 0 spiro atoms. The molecule has 0 amide bonds. The van der Waals surface area contributed by atoms with E-state index in [9.17, 15) is 0 Å². The number of nitrogens with one attached hydrogen (secondary N) is 1. The van der Waals surface area contributed by atoms with E-state index in [1.807, 2.05) is 57.2 Å². The first-order valence-corrected chi connectivity index (χ1v) is 11.0. The molecule has 0 radical (unpaired) electrons. The second kappa shape index (κ2) is 15.3.